The molecule has 108 valence electrons. The average molecular weight is 273 g/mol. The van der Waals surface area contributed by atoms with Gasteiger partial charge in [0, 0.05) is 11.4 Å². The van der Waals surface area contributed by atoms with Gasteiger partial charge >= 0.3 is 0 Å². The van der Waals surface area contributed by atoms with Gasteiger partial charge in [0.05, 0.1) is 17.8 Å². The molecule has 1 saturated carbocycles. The van der Waals surface area contributed by atoms with E-state index in [0.717, 1.165) is 36.0 Å². The number of nitrogens with one attached hydrogen (secondary N) is 2. The van der Waals surface area contributed by atoms with Gasteiger partial charge in [-0.3, -0.25) is 5.10 Å². The Morgan fingerprint density at radius 2 is 2.15 bits per heavy atom. The highest BCUT2D eigenvalue weighted by molar-refractivity contribution is 5.79. The molecule has 1 aliphatic carbocycles. The molecule has 20 heavy (non-hydrogen) atoms. The van der Waals surface area contributed by atoms with E-state index in [-0.39, 0.29) is 0 Å². The summed E-state index contributed by atoms with van der Waals surface area (Å²) in [6.07, 6.45) is 8.14. The number of aromatic amines is 1. The van der Waals surface area contributed by atoms with Crippen LogP contribution in [-0.2, 0) is 0 Å². The smallest absolute Gasteiger partial charge is 0.120 e. The van der Waals surface area contributed by atoms with Crippen molar-refractivity contribution in [3.8, 4) is 5.75 Å². The summed E-state index contributed by atoms with van der Waals surface area (Å²) in [4.78, 5) is 0. The van der Waals surface area contributed by atoms with Gasteiger partial charge in [0.15, 0.2) is 0 Å². The summed E-state index contributed by atoms with van der Waals surface area (Å²) in [6.45, 7) is 3.35. The number of aromatic nitrogens is 2. The lowest BCUT2D eigenvalue weighted by Gasteiger charge is -2.29. The molecule has 1 aromatic heterocycles. The molecule has 0 saturated heterocycles. The minimum Gasteiger partial charge on any atom is -0.490 e. The van der Waals surface area contributed by atoms with E-state index in [1.54, 1.807) is 0 Å². The number of H-pyrrole nitrogens is 1. The van der Waals surface area contributed by atoms with E-state index in [0.29, 0.717) is 12.1 Å². The quantitative estimate of drug-likeness (QED) is 0.879. The largest absolute Gasteiger partial charge is 0.490 e. The molecule has 0 aliphatic heterocycles. The van der Waals surface area contributed by atoms with Crippen LogP contribution < -0.4 is 10.1 Å². The Bertz CT molecular complexity index is 543. The monoisotopic (exact) mass is 273 g/mol. The van der Waals surface area contributed by atoms with Gasteiger partial charge in [-0.1, -0.05) is 6.92 Å². The minimum atomic E-state index is 0.360. The van der Waals surface area contributed by atoms with Crippen molar-refractivity contribution in [3.63, 3.8) is 0 Å². The van der Waals surface area contributed by atoms with Crippen LogP contribution in [0.1, 0.15) is 39.0 Å². The van der Waals surface area contributed by atoms with Crippen LogP contribution >= 0.6 is 0 Å². The van der Waals surface area contributed by atoms with E-state index >= 15 is 0 Å². The van der Waals surface area contributed by atoms with Crippen LogP contribution in [0.4, 0.5) is 0 Å². The van der Waals surface area contributed by atoms with Gasteiger partial charge < -0.3 is 10.1 Å². The molecule has 0 spiro atoms. The molecule has 1 heterocycles. The normalized spacial score (nSPS) is 23.1. The zero-order valence-electron chi connectivity index (χ0n) is 12.1. The van der Waals surface area contributed by atoms with Crippen LogP contribution in [-0.4, -0.2) is 28.9 Å². The summed E-state index contributed by atoms with van der Waals surface area (Å²) in [6, 6.07) is 6.82. The Balaban J connectivity index is 1.53. The maximum absolute atomic E-state index is 6.12. The maximum atomic E-state index is 6.12. The van der Waals surface area contributed by atoms with Crippen LogP contribution in [0, 0.1) is 0 Å². The Hall–Kier alpha value is -1.55. The standard InChI is InChI=1S/C16H23N3O/c1-2-9-17-13-3-5-14(6-4-13)20-15-7-8-16-12(10-15)11-18-19-16/h7-8,10-11,13-14,17H,2-6,9H2,1H3,(H,18,19). The van der Waals surface area contributed by atoms with Crippen molar-refractivity contribution in [2.24, 2.45) is 0 Å². The first-order valence-electron chi connectivity index (χ1n) is 7.68. The van der Waals surface area contributed by atoms with E-state index in [1.165, 1.54) is 19.3 Å². The van der Waals surface area contributed by atoms with Crippen molar-refractivity contribution >= 4 is 10.9 Å². The molecule has 3 rings (SSSR count). The molecule has 1 aliphatic rings. The second-order valence-corrected chi connectivity index (χ2v) is 5.66. The van der Waals surface area contributed by atoms with Crippen molar-refractivity contribution in [1.29, 1.82) is 0 Å². The number of fused-ring (bicyclic) bond motifs is 1. The highest BCUT2D eigenvalue weighted by Crippen LogP contribution is 2.25. The third-order valence-electron chi connectivity index (χ3n) is 4.07. The van der Waals surface area contributed by atoms with E-state index in [9.17, 15) is 0 Å². The minimum absolute atomic E-state index is 0.360. The lowest BCUT2D eigenvalue weighted by Crippen LogP contribution is -2.36. The molecular weight excluding hydrogens is 250 g/mol. The predicted octanol–water partition coefficient (Wildman–Crippen LogP) is 3.25. The zero-order valence-corrected chi connectivity index (χ0v) is 12.1. The van der Waals surface area contributed by atoms with Gasteiger partial charge in [0.2, 0.25) is 0 Å². The topological polar surface area (TPSA) is 49.9 Å². The number of ether oxygens (including phenoxy) is 1. The lowest BCUT2D eigenvalue weighted by atomic mass is 9.93. The number of benzene rings is 1. The van der Waals surface area contributed by atoms with Gasteiger partial charge in [0.25, 0.3) is 0 Å². The van der Waals surface area contributed by atoms with Crippen LogP contribution in [0.25, 0.3) is 10.9 Å². The summed E-state index contributed by atoms with van der Waals surface area (Å²) in [5.41, 5.74) is 1.06. The maximum Gasteiger partial charge on any atom is 0.120 e. The van der Waals surface area contributed by atoms with Crippen LogP contribution in [0.3, 0.4) is 0 Å². The van der Waals surface area contributed by atoms with E-state index in [2.05, 4.69) is 28.5 Å². The van der Waals surface area contributed by atoms with Gasteiger partial charge in [-0.05, 0) is 56.8 Å². The first-order valence-corrected chi connectivity index (χ1v) is 7.68. The molecule has 0 atom stereocenters. The number of hydrogen-bond donors (Lipinski definition) is 2. The predicted molar refractivity (Wildman–Crippen MR) is 81.1 cm³/mol. The van der Waals surface area contributed by atoms with E-state index in [1.807, 2.05) is 18.3 Å². The molecule has 0 radical (unpaired) electrons. The molecule has 4 heteroatoms. The SMILES string of the molecule is CCCNC1CCC(Oc2ccc3[nH]ncc3c2)CC1. The van der Waals surface area contributed by atoms with Crippen molar-refractivity contribution in [3.05, 3.63) is 24.4 Å². The highest BCUT2D eigenvalue weighted by atomic mass is 16.5. The molecule has 1 fully saturated rings. The Kier molecular flexibility index (Phi) is 4.21. The molecular formula is C16H23N3O. The summed E-state index contributed by atoms with van der Waals surface area (Å²) in [5, 5.41) is 11.7. The summed E-state index contributed by atoms with van der Waals surface area (Å²) in [7, 11) is 0. The Morgan fingerprint density at radius 3 is 2.95 bits per heavy atom. The summed E-state index contributed by atoms with van der Waals surface area (Å²) >= 11 is 0. The second kappa shape index (κ2) is 6.27. The van der Waals surface area contributed by atoms with Crippen LogP contribution in [0.15, 0.2) is 24.4 Å². The van der Waals surface area contributed by atoms with Crippen molar-refractivity contribution < 1.29 is 4.74 Å². The molecule has 2 aromatic rings. The van der Waals surface area contributed by atoms with E-state index in [4.69, 9.17) is 4.74 Å². The van der Waals surface area contributed by atoms with Gasteiger partial charge in [-0.15, -0.1) is 0 Å². The molecule has 0 amide bonds. The fourth-order valence-electron chi connectivity index (χ4n) is 2.92. The van der Waals surface area contributed by atoms with Crippen LogP contribution in [0.2, 0.25) is 0 Å². The first-order chi connectivity index (χ1) is 9.85. The summed E-state index contributed by atoms with van der Waals surface area (Å²) in [5.74, 6) is 0.962. The molecule has 2 N–H and O–H groups in total. The third-order valence-corrected chi connectivity index (χ3v) is 4.07. The fraction of sp³-hybridized carbons (Fsp3) is 0.562. The lowest BCUT2D eigenvalue weighted by molar-refractivity contribution is 0.140. The Labute approximate surface area is 119 Å². The van der Waals surface area contributed by atoms with Crippen molar-refractivity contribution in [2.75, 3.05) is 6.54 Å². The number of hydrogen-bond acceptors (Lipinski definition) is 3. The average Bonchev–Trinajstić information content (AvgIpc) is 2.94. The summed E-state index contributed by atoms with van der Waals surface area (Å²) < 4.78 is 6.12. The van der Waals surface area contributed by atoms with Crippen molar-refractivity contribution in [2.45, 2.75) is 51.2 Å². The molecule has 1 aromatic carbocycles. The third kappa shape index (κ3) is 3.12. The van der Waals surface area contributed by atoms with Crippen molar-refractivity contribution in [1.82, 2.24) is 15.5 Å². The number of nitrogens with zero attached hydrogens (tertiary/aromatic N) is 1. The van der Waals surface area contributed by atoms with Gasteiger partial charge in [-0.25, -0.2) is 0 Å². The van der Waals surface area contributed by atoms with E-state index < -0.39 is 0 Å². The second-order valence-electron chi connectivity index (χ2n) is 5.66. The molecule has 4 nitrogen and oxygen atoms in total. The Morgan fingerprint density at radius 1 is 1.30 bits per heavy atom. The number of rotatable bonds is 5. The van der Waals surface area contributed by atoms with Crippen LogP contribution in [0.5, 0.6) is 5.75 Å². The fourth-order valence-corrected chi connectivity index (χ4v) is 2.92. The highest BCUT2D eigenvalue weighted by Gasteiger charge is 2.21. The van der Waals surface area contributed by atoms with Gasteiger partial charge in [0.1, 0.15) is 5.75 Å². The van der Waals surface area contributed by atoms with Gasteiger partial charge in [-0.2, -0.15) is 5.10 Å². The molecule has 0 bridgehead atoms. The first kappa shape index (κ1) is 13.4. The zero-order chi connectivity index (χ0) is 13.8. The molecule has 0 unspecified atom stereocenters.